The molecule has 1 aliphatic rings. The molecule has 0 radical (unpaired) electrons. The molecule has 2 unspecified atom stereocenters. The molecule has 1 rings (SSSR count). The van der Waals surface area contributed by atoms with E-state index in [2.05, 4.69) is 5.32 Å². The van der Waals surface area contributed by atoms with Crippen LogP contribution in [0.3, 0.4) is 0 Å². The number of aliphatic hydroxyl groups excluding tert-OH is 1. The summed E-state index contributed by atoms with van der Waals surface area (Å²) in [4.78, 5) is 11.7. The number of carbonyl (C=O) groups is 1. The van der Waals surface area contributed by atoms with Gasteiger partial charge in [0.2, 0.25) is 5.91 Å². The third kappa shape index (κ3) is 4.27. The van der Waals surface area contributed by atoms with Gasteiger partial charge in [-0.3, -0.25) is 4.79 Å². The van der Waals surface area contributed by atoms with Crippen molar-refractivity contribution in [1.29, 1.82) is 0 Å². The zero-order chi connectivity index (χ0) is 13.3. The van der Waals surface area contributed by atoms with Gasteiger partial charge in [-0.15, -0.1) is 0 Å². The number of nitrogens with one attached hydrogen (secondary N) is 1. The molecule has 1 aliphatic heterocycles. The summed E-state index contributed by atoms with van der Waals surface area (Å²) < 4.78 is 22.5. The second-order valence-electron chi connectivity index (χ2n) is 5.42. The molecular formula is C11H21NO4S. The predicted molar refractivity (Wildman–Crippen MR) is 65.3 cm³/mol. The summed E-state index contributed by atoms with van der Waals surface area (Å²) in [6, 6.07) is 0. The molecule has 2 atom stereocenters. The van der Waals surface area contributed by atoms with Crippen LogP contribution >= 0.6 is 0 Å². The zero-order valence-corrected chi connectivity index (χ0v) is 11.4. The number of hydrogen-bond acceptors (Lipinski definition) is 4. The number of amides is 1. The standard InChI is InChI=1S/C11H21NO4S/c1-8(13)11(2,3)12-10(14)6-9-4-5-17(15,16)7-9/h8-9,13H,4-7H2,1-3H3,(H,12,14). The number of aliphatic hydroxyl groups is 1. The van der Waals surface area contributed by atoms with E-state index >= 15 is 0 Å². The molecule has 1 heterocycles. The minimum absolute atomic E-state index is 0.0789. The van der Waals surface area contributed by atoms with Gasteiger partial charge in [-0.25, -0.2) is 8.42 Å². The summed E-state index contributed by atoms with van der Waals surface area (Å²) >= 11 is 0. The molecule has 17 heavy (non-hydrogen) atoms. The van der Waals surface area contributed by atoms with Gasteiger partial charge in [0.15, 0.2) is 9.84 Å². The van der Waals surface area contributed by atoms with Crippen LogP contribution in [-0.2, 0) is 14.6 Å². The van der Waals surface area contributed by atoms with Crippen LogP contribution in [-0.4, -0.2) is 42.6 Å². The molecule has 1 fully saturated rings. The van der Waals surface area contributed by atoms with Gasteiger partial charge < -0.3 is 10.4 Å². The average molecular weight is 263 g/mol. The lowest BCUT2D eigenvalue weighted by molar-refractivity contribution is -0.124. The number of carbonyl (C=O) groups excluding carboxylic acids is 1. The molecule has 0 bridgehead atoms. The predicted octanol–water partition coefficient (Wildman–Crippen LogP) is 0.0868. The van der Waals surface area contributed by atoms with Crippen molar-refractivity contribution < 1.29 is 18.3 Å². The van der Waals surface area contributed by atoms with Crippen LogP contribution in [0, 0.1) is 5.92 Å². The fourth-order valence-corrected chi connectivity index (χ4v) is 3.67. The van der Waals surface area contributed by atoms with Crippen molar-refractivity contribution in [2.24, 2.45) is 5.92 Å². The van der Waals surface area contributed by atoms with Crippen LogP contribution in [0.2, 0.25) is 0 Å². The lowest BCUT2D eigenvalue weighted by Crippen LogP contribution is -2.51. The summed E-state index contributed by atoms with van der Waals surface area (Å²) in [5, 5.41) is 12.2. The minimum atomic E-state index is -2.93. The first-order chi connectivity index (χ1) is 7.62. The second-order valence-corrected chi connectivity index (χ2v) is 7.65. The lowest BCUT2D eigenvalue weighted by Gasteiger charge is -2.29. The van der Waals surface area contributed by atoms with Gasteiger partial charge in [0.25, 0.3) is 0 Å². The summed E-state index contributed by atoms with van der Waals surface area (Å²) in [6.07, 6.45) is 0.124. The number of hydrogen-bond donors (Lipinski definition) is 2. The van der Waals surface area contributed by atoms with Crippen molar-refractivity contribution in [2.45, 2.75) is 45.3 Å². The van der Waals surface area contributed by atoms with E-state index in [4.69, 9.17) is 0 Å². The summed E-state index contributed by atoms with van der Waals surface area (Å²) in [5.74, 6) is 0.0167. The van der Waals surface area contributed by atoms with Crippen molar-refractivity contribution in [1.82, 2.24) is 5.32 Å². The van der Waals surface area contributed by atoms with Gasteiger partial charge in [0.1, 0.15) is 0 Å². The highest BCUT2D eigenvalue weighted by atomic mass is 32.2. The highest BCUT2D eigenvalue weighted by Gasteiger charge is 2.31. The van der Waals surface area contributed by atoms with Gasteiger partial charge in [-0.2, -0.15) is 0 Å². The molecule has 1 saturated heterocycles. The Labute approximate surface area is 103 Å². The normalized spacial score (nSPS) is 25.5. The highest BCUT2D eigenvalue weighted by Crippen LogP contribution is 2.22. The Hall–Kier alpha value is -0.620. The SMILES string of the molecule is CC(O)C(C)(C)NC(=O)CC1CCS(=O)(=O)C1. The third-order valence-corrected chi connectivity index (χ3v) is 5.14. The Kier molecular flexibility index (Phi) is 4.19. The largest absolute Gasteiger partial charge is 0.391 e. The van der Waals surface area contributed by atoms with Crippen molar-refractivity contribution in [3.63, 3.8) is 0 Å². The van der Waals surface area contributed by atoms with Crippen LogP contribution in [0.1, 0.15) is 33.6 Å². The maximum Gasteiger partial charge on any atom is 0.220 e. The summed E-state index contributed by atoms with van der Waals surface area (Å²) in [5.41, 5.74) is -0.686. The molecule has 0 aromatic carbocycles. The van der Waals surface area contributed by atoms with E-state index in [0.717, 1.165) is 0 Å². The van der Waals surface area contributed by atoms with Gasteiger partial charge in [-0.05, 0) is 33.1 Å². The molecule has 0 saturated carbocycles. The van der Waals surface area contributed by atoms with Crippen molar-refractivity contribution in [3.8, 4) is 0 Å². The van der Waals surface area contributed by atoms with Gasteiger partial charge in [-0.1, -0.05) is 0 Å². The van der Waals surface area contributed by atoms with E-state index in [1.54, 1.807) is 20.8 Å². The van der Waals surface area contributed by atoms with Crippen LogP contribution in [0.4, 0.5) is 0 Å². The molecule has 6 heteroatoms. The van der Waals surface area contributed by atoms with E-state index in [0.29, 0.717) is 6.42 Å². The Balaban J connectivity index is 2.46. The van der Waals surface area contributed by atoms with E-state index in [1.807, 2.05) is 0 Å². The molecule has 2 N–H and O–H groups in total. The van der Waals surface area contributed by atoms with E-state index in [1.165, 1.54) is 0 Å². The molecular weight excluding hydrogens is 242 g/mol. The third-order valence-electron chi connectivity index (χ3n) is 3.31. The Bertz CT molecular complexity index is 386. The summed E-state index contributed by atoms with van der Waals surface area (Å²) in [6.45, 7) is 5.09. The van der Waals surface area contributed by atoms with Crippen molar-refractivity contribution in [3.05, 3.63) is 0 Å². The van der Waals surface area contributed by atoms with Crippen LogP contribution in [0.5, 0.6) is 0 Å². The highest BCUT2D eigenvalue weighted by molar-refractivity contribution is 7.91. The quantitative estimate of drug-likeness (QED) is 0.753. The topological polar surface area (TPSA) is 83.5 Å². The van der Waals surface area contributed by atoms with Gasteiger partial charge >= 0.3 is 0 Å². The maximum absolute atomic E-state index is 11.7. The van der Waals surface area contributed by atoms with Crippen molar-refractivity contribution in [2.75, 3.05) is 11.5 Å². The molecule has 1 amide bonds. The molecule has 100 valence electrons. The van der Waals surface area contributed by atoms with Crippen LogP contribution in [0.15, 0.2) is 0 Å². The van der Waals surface area contributed by atoms with Gasteiger partial charge in [0, 0.05) is 6.42 Å². The van der Waals surface area contributed by atoms with Gasteiger partial charge in [0.05, 0.1) is 23.1 Å². The Morgan fingerprint density at radius 1 is 1.53 bits per heavy atom. The van der Waals surface area contributed by atoms with Crippen LogP contribution in [0.25, 0.3) is 0 Å². The van der Waals surface area contributed by atoms with Crippen molar-refractivity contribution >= 4 is 15.7 Å². The molecule has 0 aromatic rings. The molecule has 0 spiro atoms. The Morgan fingerprint density at radius 2 is 2.12 bits per heavy atom. The smallest absolute Gasteiger partial charge is 0.220 e. The second kappa shape index (κ2) is 4.94. The number of sulfone groups is 1. The van der Waals surface area contributed by atoms with E-state index in [9.17, 15) is 18.3 Å². The average Bonchev–Trinajstić information content (AvgIpc) is 2.43. The fourth-order valence-electron chi connectivity index (χ4n) is 1.81. The lowest BCUT2D eigenvalue weighted by atomic mass is 9.97. The van der Waals surface area contributed by atoms with E-state index < -0.39 is 21.5 Å². The fraction of sp³-hybridized carbons (Fsp3) is 0.909. The number of rotatable bonds is 4. The first-order valence-electron chi connectivity index (χ1n) is 5.82. The monoisotopic (exact) mass is 263 g/mol. The zero-order valence-electron chi connectivity index (χ0n) is 10.6. The first kappa shape index (κ1) is 14.4. The maximum atomic E-state index is 11.7. The van der Waals surface area contributed by atoms with E-state index in [-0.39, 0.29) is 29.8 Å². The van der Waals surface area contributed by atoms with Crippen LogP contribution < -0.4 is 5.32 Å². The first-order valence-corrected chi connectivity index (χ1v) is 7.64. The molecule has 5 nitrogen and oxygen atoms in total. The molecule has 0 aromatic heterocycles. The Morgan fingerprint density at radius 3 is 2.53 bits per heavy atom. The summed E-state index contributed by atoms with van der Waals surface area (Å²) in [7, 11) is -2.93. The molecule has 0 aliphatic carbocycles. The minimum Gasteiger partial charge on any atom is -0.391 e.